The summed E-state index contributed by atoms with van der Waals surface area (Å²) in [6.45, 7) is 8.41. The molecule has 0 spiro atoms. The molecule has 12 heavy (non-hydrogen) atoms. The molecule has 0 amide bonds. The molecule has 0 bridgehead atoms. The third-order valence-electron chi connectivity index (χ3n) is 0.663. The summed E-state index contributed by atoms with van der Waals surface area (Å²) in [6, 6.07) is 0. The van der Waals surface area contributed by atoms with Crippen molar-refractivity contribution in [1.29, 1.82) is 0 Å². The van der Waals surface area contributed by atoms with E-state index in [0.29, 0.717) is 12.4 Å². The van der Waals surface area contributed by atoms with Gasteiger partial charge >= 0.3 is 0 Å². The van der Waals surface area contributed by atoms with Gasteiger partial charge in [-0.2, -0.15) is 5.21 Å². The largest absolute Gasteiger partial charge is 0.377 e. The summed E-state index contributed by atoms with van der Waals surface area (Å²) in [4.78, 5) is 0. The first-order chi connectivity index (χ1) is 5.93. The van der Waals surface area contributed by atoms with E-state index >= 15 is 0 Å². The number of hydrogen-bond acceptors (Lipinski definition) is 4. The molecule has 0 atom stereocenters. The highest BCUT2D eigenvalue weighted by atomic mass is 16.5. The Balaban J connectivity index is 0. The summed E-state index contributed by atoms with van der Waals surface area (Å²) < 4.78 is 4.70. The Bertz CT molecular complexity index is 141. The van der Waals surface area contributed by atoms with Gasteiger partial charge in [0, 0.05) is 7.11 Å². The monoisotopic (exact) mass is 174 g/mol. The maximum Gasteiger partial charge on any atom is 0.200 e. The second kappa shape index (κ2) is 12.7. The minimum Gasteiger partial charge on any atom is -0.377 e. The van der Waals surface area contributed by atoms with Crippen LogP contribution in [0.15, 0.2) is 0 Å². The second-order valence-corrected chi connectivity index (χ2v) is 1.26. The van der Waals surface area contributed by atoms with Crippen molar-refractivity contribution in [3.63, 3.8) is 0 Å². The van der Waals surface area contributed by atoms with E-state index in [4.69, 9.17) is 4.74 Å². The minimum absolute atomic E-state index is 0.413. The Morgan fingerprint density at radius 2 is 1.83 bits per heavy atom. The van der Waals surface area contributed by atoms with Crippen LogP contribution in [0, 0.1) is 0 Å². The highest BCUT2D eigenvalue weighted by molar-refractivity contribution is 4.69. The van der Waals surface area contributed by atoms with Crippen molar-refractivity contribution >= 4 is 0 Å². The van der Waals surface area contributed by atoms with Gasteiger partial charge in [0.2, 0.25) is 0 Å². The van der Waals surface area contributed by atoms with Crippen molar-refractivity contribution in [3.05, 3.63) is 5.82 Å². The number of tetrazole rings is 1. The van der Waals surface area contributed by atoms with Gasteiger partial charge in [-0.1, -0.05) is 32.9 Å². The zero-order chi connectivity index (χ0) is 9.82. The zero-order valence-electron chi connectivity index (χ0n) is 8.46. The quantitative estimate of drug-likeness (QED) is 0.736. The first kappa shape index (κ1) is 13.6. The summed E-state index contributed by atoms with van der Waals surface area (Å²) in [7, 11) is 1.58. The van der Waals surface area contributed by atoms with Crippen molar-refractivity contribution in [2.75, 3.05) is 7.11 Å². The molecule has 1 aromatic heterocycles. The Hall–Kier alpha value is -0.970. The molecule has 0 aliphatic rings. The van der Waals surface area contributed by atoms with E-state index in [1.54, 1.807) is 7.11 Å². The number of nitrogens with one attached hydrogen (secondary N) is 1. The molecule has 0 saturated carbocycles. The maximum atomic E-state index is 4.70. The fourth-order valence-corrected chi connectivity index (χ4v) is 0.373. The number of aromatic nitrogens is 4. The molecule has 5 nitrogen and oxygen atoms in total. The van der Waals surface area contributed by atoms with Gasteiger partial charge < -0.3 is 4.74 Å². The summed E-state index contributed by atoms with van der Waals surface area (Å²) in [5, 5.41) is 12.9. The molecule has 0 saturated heterocycles. The lowest BCUT2D eigenvalue weighted by molar-refractivity contribution is 0.178. The van der Waals surface area contributed by atoms with Crippen LogP contribution in [0.5, 0.6) is 0 Å². The van der Waals surface area contributed by atoms with Gasteiger partial charge in [-0.3, -0.25) is 0 Å². The molecule has 1 aromatic rings. The number of hydrogen-bond donors (Lipinski definition) is 1. The highest BCUT2D eigenvalue weighted by Crippen LogP contribution is 1.82. The molecule has 1 rings (SSSR count). The van der Waals surface area contributed by atoms with Crippen molar-refractivity contribution in [2.45, 2.75) is 34.3 Å². The Kier molecular flexibility index (Phi) is 14.4. The van der Waals surface area contributed by atoms with Crippen molar-refractivity contribution in [1.82, 2.24) is 20.6 Å². The SMILES string of the molecule is CC.CC.COCc1nn[nH]n1. The van der Waals surface area contributed by atoms with Gasteiger partial charge in [-0.25, -0.2) is 0 Å². The van der Waals surface area contributed by atoms with E-state index in [0.717, 1.165) is 0 Å². The number of ether oxygens (including phenoxy) is 1. The van der Waals surface area contributed by atoms with Crippen LogP contribution in [0.2, 0.25) is 0 Å². The van der Waals surface area contributed by atoms with Gasteiger partial charge in [0.1, 0.15) is 6.61 Å². The molecule has 0 aliphatic carbocycles. The van der Waals surface area contributed by atoms with Crippen LogP contribution in [-0.4, -0.2) is 27.7 Å². The van der Waals surface area contributed by atoms with Gasteiger partial charge in [-0.05, 0) is 0 Å². The molecule has 0 unspecified atom stereocenters. The number of methoxy groups -OCH3 is 1. The molecule has 0 fully saturated rings. The highest BCUT2D eigenvalue weighted by Gasteiger charge is 1.91. The van der Waals surface area contributed by atoms with Gasteiger partial charge in [0.05, 0.1) is 0 Å². The van der Waals surface area contributed by atoms with E-state index in [2.05, 4.69) is 20.6 Å². The summed E-state index contributed by atoms with van der Waals surface area (Å²) in [6.07, 6.45) is 0. The Morgan fingerprint density at radius 3 is 2.17 bits per heavy atom. The smallest absolute Gasteiger partial charge is 0.200 e. The lowest BCUT2D eigenvalue weighted by Crippen LogP contribution is -1.89. The van der Waals surface area contributed by atoms with Crippen LogP contribution in [0.4, 0.5) is 0 Å². The van der Waals surface area contributed by atoms with Crippen molar-refractivity contribution < 1.29 is 4.74 Å². The predicted molar refractivity (Wildman–Crippen MR) is 47.6 cm³/mol. The topological polar surface area (TPSA) is 63.7 Å². The molecular weight excluding hydrogens is 156 g/mol. The van der Waals surface area contributed by atoms with E-state index in [1.165, 1.54) is 0 Å². The van der Waals surface area contributed by atoms with Crippen LogP contribution in [0.3, 0.4) is 0 Å². The molecule has 0 radical (unpaired) electrons. The van der Waals surface area contributed by atoms with E-state index < -0.39 is 0 Å². The fourth-order valence-electron chi connectivity index (χ4n) is 0.373. The van der Waals surface area contributed by atoms with Crippen LogP contribution in [0.1, 0.15) is 33.5 Å². The Morgan fingerprint density at radius 1 is 1.25 bits per heavy atom. The summed E-state index contributed by atoms with van der Waals surface area (Å²) >= 11 is 0. The fraction of sp³-hybridized carbons (Fsp3) is 0.857. The molecule has 72 valence electrons. The first-order valence-corrected chi connectivity index (χ1v) is 4.14. The molecule has 1 N–H and O–H groups in total. The number of H-pyrrole nitrogens is 1. The number of aromatic amines is 1. The molecular formula is C7H18N4O. The lowest BCUT2D eigenvalue weighted by atomic mass is 10.7. The van der Waals surface area contributed by atoms with E-state index in [9.17, 15) is 0 Å². The number of rotatable bonds is 2. The minimum atomic E-state index is 0.413. The molecule has 0 aliphatic heterocycles. The normalized spacial score (nSPS) is 7.42. The second-order valence-electron chi connectivity index (χ2n) is 1.26. The van der Waals surface area contributed by atoms with Gasteiger partial charge in [-0.15, -0.1) is 10.2 Å². The average Bonchev–Trinajstić information content (AvgIpc) is 2.65. The number of nitrogens with zero attached hydrogens (tertiary/aromatic N) is 3. The van der Waals surface area contributed by atoms with Gasteiger partial charge in [0.15, 0.2) is 5.82 Å². The van der Waals surface area contributed by atoms with Crippen LogP contribution < -0.4 is 0 Å². The third-order valence-corrected chi connectivity index (χ3v) is 0.663. The van der Waals surface area contributed by atoms with Crippen molar-refractivity contribution in [2.24, 2.45) is 0 Å². The van der Waals surface area contributed by atoms with Crippen LogP contribution in [0.25, 0.3) is 0 Å². The predicted octanol–water partition coefficient (Wildman–Crippen LogP) is 1.40. The first-order valence-electron chi connectivity index (χ1n) is 4.14. The maximum absolute atomic E-state index is 4.70. The summed E-state index contributed by atoms with van der Waals surface area (Å²) in [5.74, 6) is 0.576. The average molecular weight is 174 g/mol. The van der Waals surface area contributed by atoms with E-state index in [-0.39, 0.29) is 0 Å². The lowest BCUT2D eigenvalue weighted by Gasteiger charge is -1.84. The third kappa shape index (κ3) is 7.14. The van der Waals surface area contributed by atoms with Crippen LogP contribution >= 0.6 is 0 Å². The Labute approximate surface area is 73.5 Å². The molecule has 1 heterocycles. The standard InChI is InChI=1S/C3H6N4O.2C2H6/c1-8-2-3-4-6-7-5-3;2*1-2/h2H2,1H3,(H,4,5,6,7);2*1-2H3. The zero-order valence-corrected chi connectivity index (χ0v) is 8.46. The summed E-state index contributed by atoms with van der Waals surface area (Å²) in [5.41, 5.74) is 0. The van der Waals surface area contributed by atoms with Gasteiger partial charge in [0.25, 0.3) is 0 Å². The molecule has 5 heteroatoms. The van der Waals surface area contributed by atoms with Crippen LogP contribution in [-0.2, 0) is 11.3 Å². The van der Waals surface area contributed by atoms with Crippen molar-refractivity contribution in [3.8, 4) is 0 Å². The molecule has 0 aromatic carbocycles. The van der Waals surface area contributed by atoms with E-state index in [1.807, 2.05) is 27.7 Å².